The number of aldehydes is 1. The van der Waals surface area contributed by atoms with Crippen molar-refractivity contribution in [3.05, 3.63) is 35.4 Å². The number of carbonyl (C=O) groups excluding carboxylic acids is 1. The second-order valence-corrected chi connectivity index (χ2v) is 3.25. The molecule has 0 atom stereocenters. The molecule has 88 valence electrons. The minimum Gasteiger partial charge on any atom is -0.297 e. The highest BCUT2D eigenvalue weighted by Crippen LogP contribution is 2.29. The summed E-state index contributed by atoms with van der Waals surface area (Å²) in [5.41, 5.74) is -0.934. The molecule has 0 amide bonds. The van der Waals surface area contributed by atoms with E-state index in [1.807, 2.05) is 0 Å². The Kier molecular flexibility index (Phi) is 3.30. The highest BCUT2D eigenvalue weighted by molar-refractivity contribution is 5.60. The Morgan fingerprint density at radius 1 is 1.00 bits per heavy atom. The lowest BCUT2D eigenvalue weighted by molar-refractivity contribution is -0.137. The number of hydrogen-bond donors (Lipinski definition) is 0. The molecule has 0 heterocycles. The van der Waals surface area contributed by atoms with Crippen molar-refractivity contribution >= 4 is 6.29 Å². The summed E-state index contributed by atoms with van der Waals surface area (Å²) >= 11 is 0. The Morgan fingerprint density at radius 2 is 1.50 bits per heavy atom. The van der Waals surface area contributed by atoms with E-state index in [1.165, 1.54) is 0 Å². The molecular weight excluding hydrogens is 231 g/mol. The van der Waals surface area contributed by atoms with Gasteiger partial charge in [-0.1, -0.05) is 12.1 Å². The van der Waals surface area contributed by atoms with Gasteiger partial charge in [-0.15, -0.1) is 0 Å². The van der Waals surface area contributed by atoms with E-state index >= 15 is 0 Å². The van der Waals surface area contributed by atoms with E-state index in [0.717, 1.165) is 12.1 Å². The minimum absolute atomic E-state index is 0.0231. The summed E-state index contributed by atoms with van der Waals surface area (Å²) in [7, 11) is 0. The molecule has 0 aliphatic carbocycles. The monoisotopic (exact) mass is 238 g/mol. The van der Waals surface area contributed by atoms with Crippen LogP contribution in [0.3, 0.4) is 0 Å². The molecule has 1 rings (SSSR count). The van der Waals surface area contributed by atoms with Gasteiger partial charge in [-0.05, 0) is 17.7 Å². The van der Waals surface area contributed by atoms with E-state index in [4.69, 9.17) is 0 Å². The molecule has 0 bridgehead atoms. The predicted octanol–water partition coefficient (Wildman–Crippen LogP) is 3.08. The number of hydrogen-bond acceptors (Lipinski definition) is 1. The zero-order valence-corrected chi connectivity index (χ0v) is 7.89. The molecule has 0 saturated carbocycles. The average molecular weight is 238 g/mol. The van der Waals surface area contributed by atoms with Gasteiger partial charge < -0.3 is 0 Å². The molecular formula is C10H7F5O. The Labute approximate surface area is 87.9 Å². The van der Waals surface area contributed by atoms with Crippen molar-refractivity contribution in [3.63, 3.8) is 0 Å². The topological polar surface area (TPSA) is 17.1 Å². The van der Waals surface area contributed by atoms with Gasteiger partial charge >= 0.3 is 12.1 Å². The second kappa shape index (κ2) is 4.19. The lowest BCUT2D eigenvalue weighted by Crippen LogP contribution is -2.21. The molecule has 0 saturated heterocycles. The van der Waals surface area contributed by atoms with Crippen LogP contribution in [0.25, 0.3) is 0 Å². The summed E-state index contributed by atoms with van der Waals surface area (Å²) in [6, 6.07) is 3.27. The van der Waals surface area contributed by atoms with Crippen LogP contribution in [-0.4, -0.2) is 12.2 Å². The number of benzene rings is 1. The molecule has 16 heavy (non-hydrogen) atoms. The Balaban J connectivity index is 2.84. The van der Waals surface area contributed by atoms with Gasteiger partial charge in [0, 0.05) is 6.42 Å². The van der Waals surface area contributed by atoms with E-state index in [2.05, 4.69) is 0 Å². The van der Waals surface area contributed by atoms with Crippen LogP contribution in [0.2, 0.25) is 0 Å². The molecule has 1 aromatic rings. The fourth-order valence-corrected chi connectivity index (χ4v) is 1.13. The zero-order chi connectivity index (χ0) is 12.4. The van der Waals surface area contributed by atoms with Crippen LogP contribution in [0, 0.1) is 0 Å². The maximum absolute atomic E-state index is 12.6. The molecule has 0 aliphatic rings. The van der Waals surface area contributed by atoms with Gasteiger partial charge in [0.1, 0.15) is 0 Å². The van der Waals surface area contributed by atoms with E-state index in [9.17, 15) is 26.7 Å². The zero-order valence-electron chi connectivity index (χ0n) is 7.89. The first-order valence-electron chi connectivity index (χ1n) is 4.25. The number of rotatable bonds is 3. The first kappa shape index (κ1) is 12.6. The summed E-state index contributed by atoms with van der Waals surface area (Å²) < 4.78 is 61.5. The molecule has 6 heteroatoms. The second-order valence-electron chi connectivity index (χ2n) is 3.25. The lowest BCUT2D eigenvalue weighted by Gasteiger charge is -2.10. The van der Waals surface area contributed by atoms with Crippen LogP contribution in [0.4, 0.5) is 22.0 Å². The quantitative estimate of drug-likeness (QED) is 0.584. The van der Waals surface area contributed by atoms with Crippen molar-refractivity contribution in [2.75, 3.05) is 0 Å². The molecule has 0 aliphatic heterocycles. The summed E-state index contributed by atoms with van der Waals surface area (Å²) in [4.78, 5) is 9.93. The van der Waals surface area contributed by atoms with Gasteiger partial charge in [0.05, 0.1) is 5.56 Å². The van der Waals surface area contributed by atoms with E-state index in [1.54, 1.807) is 0 Å². The summed E-state index contributed by atoms with van der Waals surface area (Å²) in [6.45, 7) is 0. The Hall–Kier alpha value is -1.46. The number of halogens is 5. The van der Waals surface area contributed by atoms with Gasteiger partial charge in [-0.3, -0.25) is 4.79 Å². The number of carbonyl (C=O) groups is 1. The maximum Gasteiger partial charge on any atom is 0.416 e. The fourth-order valence-electron chi connectivity index (χ4n) is 1.13. The molecule has 0 radical (unpaired) electrons. The van der Waals surface area contributed by atoms with Crippen LogP contribution in [0.5, 0.6) is 0 Å². The average Bonchev–Trinajstić information content (AvgIpc) is 2.16. The van der Waals surface area contributed by atoms with Gasteiger partial charge in [-0.2, -0.15) is 22.0 Å². The first-order valence-corrected chi connectivity index (χ1v) is 4.25. The third-order valence-corrected chi connectivity index (χ3v) is 1.89. The normalized spacial score (nSPS) is 12.6. The van der Waals surface area contributed by atoms with Gasteiger partial charge in [0.2, 0.25) is 0 Å². The lowest BCUT2D eigenvalue weighted by atomic mass is 10.1. The largest absolute Gasteiger partial charge is 0.416 e. The van der Waals surface area contributed by atoms with Crippen molar-refractivity contribution in [2.45, 2.75) is 18.5 Å². The third kappa shape index (κ3) is 3.29. The van der Waals surface area contributed by atoms with Crippen molar-refractivity contribution in [2.24, 2.45) is 0 Å². The summed E-state index contributed by atoms with van der Waals surface area (Å²) in [5.74, 6) is -3.54. The van der Waals surface area contributed by atoms with Crippen LogP contribution in [0.1, 0.15) is 11.1 Å². The third-order valence-electron chi connectivity index (χ3n) is 1.89. The molecule has 0 N–H and O–H groups in total. The molecule has 1 nitrogen and oxygen atoms in total. The molecule has 0 aromatic heterocycles. The molecule has 1 aromatic carbocycles. The molecule has 0 unspecified atom stereocenters. The van der Waals surface area contributed by atoms with Gasteiger partial charge in [0.15, 0.2) is 6.29 Å². The Morgan fingerprint density at radius 3 is 1.88 bits per heavy atom. The molecule has 0 fully saturated rings. The highest BCUT2D eigenvalue weighted by atomic mass is 19.4. The SMILES string of the molecule is O=CC(F)(F)Cc1ccc(C(F)(F)F)cc1. The van der Waals surface area contributed by atoms with Crippen molar-refractivity contribution in [1.82, 2.24) is 0 Å². The van der Waals surface area contributed by atoms with E-state index < -0.39 is 30.4 Å². The molecule has 0 spiro atoms. The predicted molar refractivity (Wildman–Crippen MR) is 46.2 cm³/mol. The van der Waals surface area contributed by atoms with Crippen molar-refractivity contribution in [1.29, 1.82) is 0 Å². The maximum atomic E-state index is 12.6. The fraction of sp³-hybridized carbons (Fsp3) is 0.300. The highest BCUT2D eigenvalue weighted by Gasteiger charge is 2.31. The van der Waals surface area contributed by atoms with Crippen molar-refractivity contribution in [3.8, 4) is 0 Å². The van der Waals surface area contributed by atoms with Crippen LogP contribution in [0.15, 0.2) is 24.3 Å². The number of alkyl halides is 5. The van der Waals surface area contributed by atoms with Gasteiger partial charge in [-0.25, -0.2) is 0 Å². The van der Waals surface area contributed by atoms with Crippen LogP contribution >= 0.6 is 0 Å². The van der Waals surface area contributed by atoms with Crippen LogP contribution in [-0.2, 0) is 17.4 Å². The standard InChI is InChI=1S/C10H7F5O/c11-9(12,6-16)5-7-1-3-8(4-2-7)10(13,14)15/h1-4,6H,5H2. The smallest absolute Gasteiger partial charge is 0.297 e. The van der Waals surface area contributed by atoms with Crippen molar-refractivity contribution < 1.29 is 26.7 Å². The van der Waals surface area contributed by atoms with Gasteiger partial charge in [0.25, 0.3) is 0 Å². The first-order chi connectivity index (χ1) is 7.24. The Bertz CT molecular complexity index is 366. The van der Waals surface area contributed by atoms with Crippen LogP contribution < -0.4 is 0 Å². The van der Waals surface area contributed by atoms with E-state index in [0.29, 0.717) is 12.1 Å². The summed E-state index contributed by atoms with van der Waals surface area (Å²) in [6.07, 6.45) is -5.91. The minimum atomic E-state index is -4.49. The summed E-state index contributed by atoms with van der Waals surface area (Å²) in [5, 5.41) is 0. The van der Waals surface area contributed by atoms with E-state index in [-0.39, 0.29) is 5.56 Å².